The minimum atomic E-state index is -0.187. The van der Waals surface area contributed by atoms with Gasteiger partial charge in [0, 0.05) is 24.0 Å². The zero-order valence-electron chi connectivity index (χ0n) is 17.1. The summed E-state index contributed by atoms with van der Waals surface area (Å²) in [5, 5.41) is 5.50. The standard InChI is InChI=1S/C22H25N3O3S/c1-25(2)13-17-8-6-5-7-16(17)12-23-21(26)18-14-29-22(24-18)15-9-10-19(27-3)20(11-15)28-4/h5-11,14H,12-13H2,1-4H3,(H,23,26). The lowest BCUT2D eigenvalue weighted by Crippen LogP contribution is -2.24. The molecule has 0 fully saturated rings. The molecule has 29 heavy (non-hydrogen) atoms. The molecule has 2 aromatic carbocycles. The Morgan fingerprint density at radius 3 is 2.48 bits per heavy atom. The molecule has 1 aromatic heterocycles. The Kier molecular flexibility index (Phi) is 6.85. The number of carbonyl (C=O) groups excluding carboxylic acids is 1. The molecule has 0 unspecified atom stereocenters. The SMILES string of the molecule is COc1ccc(-c2nc(C(=O)NCc3ccccc3CN(C)C)cs2)cc1OC. The highest BCUT2D eigenvalue weighted by atomic mass is 32.1. The van der Waals surface area contributed by atoms with E-state index >= 15 is 0 Å². The normalized spacial score (nSPS) is 10.8. The van der Waals surface area contributed by atoms with Crippen molar-refractivity contribution >= 4 is 17.2 Å². The molecule has 0 aliphatic rings. The van der Waals surface area contributed by atoms with Gasteiger partial charge in [0.05, 0.1) is 14.2 Å². The summed E-state index contributed by atoms with van der Waals surface area (Å²) in [4.78, 5) is 19.2. The van der Waals surface area contributed by atoms with Crippen molar-refractivity contribution < 1.29 is 14.3 Å². The number of thiazole rings is 1. The summed E-state index contributed by atoms with van der Waals surface area (Å²) >= 11 is 1.42. The van der Waals surface area contributed by atoms with E-state index in [1.807, 2.05) is 50.5 Å². The van der Waals surface area contributed by atoms with E-state index < -0.39 is 0 Å². The fourth-order valence-corrected chi connectivity index (χ4v) is 3.77. The Bertz CT molecular complexity index is 985. The van der Waals surface area contributed by atoms with E-state index in [0.29, 0.717) is 23.7 Å². The quantitative estimate of drug-likeness (QED) is 0.611. The predicted octanol–water partition coefficient (Wildman–Crippen LogP) is 3.82. The number of aromatic nitrogens is 1. The van der Waals surface area contributed by atoms with Gasteiger partial charge in [0.15, 0.2) is 11.5 Å². The Morgan fingerprint density at radius 2 is 1.79 bits per heavy atom. The molecule has 7 heteroatoms. The molecule has 0 saturated heterocycles. The molecule has 3 aromatic rings. The van der Waals surface area contributed by atoms with Gasteiger partial charge in [0.2, 0.25) is 0 Å². The third kappa shape index (κ3) is 5.13. The highest BCUT2D eigenvalue weighted by molar-refractivity contribution is 7.13. The van der Waals surface area contributed by atoms with Crippen molar-refractivity contribution in [1.29, 1.82) is 0 Å². The number of amides is 1. The topological polar surface area (TPSA) is 63.7 Å². The lowest BCUT2D eigenvalue weighted by molar-refractivity contribution is 0.0946. The first kappa shape index (κ1) is 20.8. The number of nitrogens with zero attached hydrogens (tertiary/aromatic N) is 2. The van der Waals surface area contributed by atoms with Crippen LogP contribution in [0.25, 0.3) is 10.6 Å². The Labute approximate surface area is 175 Å². The van der Waals surface area contributed by atoms with E-state index in [0.717, 1.165) is 22.7 Å². The number of rotatable bonds is 8. The third-order valence-electron chi connectivity index (χ3n) is 4.41. The molecule has 0 saturated carbocycles. The number of ether oxygens (including phenoxy) is 2. The second-order valence-electron chi connectivity index (χ2n) is 6.80. The van der Waals surface area contributed by atoms with Gasteiger partial charge in [-0.1, -0.05) is 24.3 Å². The second-order valence-corrected chi connectivity index (χ2v) is 7.65. The average Bonchev–Trinajstić information content (AvgIpc) is 3.22. The second kappa shape index (κ2) is 9.54. The smallest absolute Gasteiger partial charge is 0.271 e. The van der Waals surface area contributed by atoms with Gasteiger partial charge < -0.3 is 19.7 Å². The van der Waals surface area contributed by atoms with Gasteiger partial charge in [0.1, 0.15) is 10.7 Å². The monoisotopic (exact) mass is 411 g/mol. The van der Waals surface area contributed by atoms with Crippen molar-refractivity contribution in [1.82, 2.24) is 15.2 Å². The molecule has 0 bridgehead atoms. The van der Waals surface area contributed by atoms with Crippen LogP contribution in [-0.2, 0) is 13.1 Å². The number of benzene rings is 2. The number of methoxy groups -OCH3 is 2. The van der Waals surface area contributed by atoms with Crippen molar-refractivity contribution in [3.05, 3.63) is 64.7 Å². The molecule has 1 heterocycles. The molecule has 0 atom stereocenters. The fraction of sp³-hybridized carbons (Fsp3) is 0.273. The number of hydrogen-bond acceptors (Lipinski definition) is 6. The van der Waals surface area contributed by atoms with Gasteiger partial charge in [-0.3, -0.25) is 4.79 Å². The molecular formula is C22H25N3O3S. The summed E-state index contributed by atoms with van der Waals surface area (Å²) in [6, 6.07) is 13.7. The first-order valence-corrected chi connectivity index (χ1v) is 10.1. The molecule has 1 amide bonds. The lowest BCUT2D eigenvalue weighted by Gasteiger charge is -2.14. The molecule has 3 rings (SSSR count). The highest BCUT2D eigenvalue weighted by Crippen LogP contribution is 2.33. The number of nitrogens with one attached hydrogen (secondary N) is 1. The summed E-state index contributed by atoms with van der Waals surface area (Å²) in [7, 11) is 7.25. The number of carbonyl (C=O) groups is 1. The average molecular weight is 412 g/mol. The van der Waals surface area contributed by atoms with E-state index in [-0.39, 0.29) is 5.91 Å². The highest BCUT2D eigenvalue weighted by Gasteiger charge is 2.14. The van der Waals surface area contributed by atoms with Crippen LogP contribution < -0.4 is 14.8 Å². The van der Waals surface area contributed by atoms with Gasteiger partial charge >= 0.3 is 0 Å². The minimum Gasteiger partial charge on any atom is -0.493 e. The molecule has 152 valence electrons. The zero-order chi connectivity index (χ0) is 20.8. The first-order chi connectivity index (χ1) is 14.0. The minimum absolute atomic E-state index is 0.187. The summed E-state index contributed by atoms with van der Waals surface area (Å²) in [6.07, 6.45) is 0. The summed E-state index contributed by atoms with van der Waals surface area (Å²) < 4.78 is 10.6. The van der Waals surface area contributed by atoms with Crippen LogP contribution in [0.4, 0.5) is 0 Å². The molecule has 0 spiro atoms. The molecule has 0 radical (unpaired) electrons. The maximum atomic E-state index is 12.6. The van der Waals surface area contributed by atoms with Crippen LogP contribution in [0.5, 0.6) is 11.5 Å². The van der Waals surface area contributed by atoms with E-state index in [4.69, 9.17) is 9.47 Å². The Morgan fingerprint density at radius 1 is 1.07 bits per heavy atom. The van der Waals surface area contributed by atoms with Gasteiger partial charge in [-0.2, -0.15) is 0 Å². The molecule has 6 nitrogen and oxygen atoms in total. The van der Waals surface area contributed by atoms with Crippen molar-refractivity contribution in [2.75, 3.05) is 28.3 Å². The maximum absolute atomic E-state index is 12.6. The van der Waals surface area contributed by atoms with E-state index in [9.17, 15) is 4.79 Å². The van der Waals surface area contributed by atoms with E-state index in [1.54, 1.807) is 19.6 Å². The molecular weight excluding hydrogens is 386 g/mol. The van der Waals surface area contributed by atoms with Gasteiger partial charge in [0.25, 0.3) is 5.91 Å². The first-order valence-electron chi connectivity index (χ1n) is 9.19. The van der Waals surface area contributed by atoms with E-state index in [1.165, 1.54) is 16.9 Å². The zero-order valence-corrected chi connectivity index (χ0v) is 17.9. The Hall–Kier alpha value is -2.90. The van der Waals surface area contributed by atoms with Crippen LogP contribution in [0, 0.1) is 0 Å². The van der Waals surface area contributed by atoms with Crippen LogP contribution in [0.2, 0.25) is 0 Å². The maximum Gasteiger partial charge on any atom is 0.271 e. The predicted molar refractivity (Wildman–Crippen MR) is 116 cm³/mol. The van der Waals surface area contributed by atoms with Crippen LogP contribution in [-0.4, -0.2) is 44.1 Å². The summed E-state index contributed by atoms with van der Waals surface area (Å²) in [5.41, 5.74) is 3.58. The third-order valence-corrected chi connectivity index (χ3v) is 5.30. The van der Waals surface area contributed by atoms with Gasteiger partial charge in [-0.25, -0.2) is 4.98 Å². The van der Waals surface area contributed by atoms with Crippen molar-refractivity contribution in [3.8, 4) is 22.1 Å². The van der Waals surface area contributed by atoms with Crippen LogP contribution >= 0.6 is 11.3 Å². The van der Waals surface area contributed by atoms with Gasteiger partial charge in [-0.05, 0) is 43.4 Å². The Balaban J connectivity index is 1.71. The van der Waals surface area contributed by atoms with Crippen LogP contribution in [0.3, 0.4) is 0 Å². The fourth-order valence-electron chi connectivity index (χ4n) is 2.97. The van der Waals surface area contributed by atoms with E-state index in [2.05, 4.69) is 21.3 Å². The summed E-state index contributed by atoms with van der Waals surface area (Å²) in [5.74, 6) is 1.10. The van der Waals surface area contributed by atoms with Gasteiger partial charge in [-0.15, -0.1) is 11.3 Å². The van der Waals surface area contributed by atoms with Crippen LogP contribution in [0.15, 0.2) is 47.8 Å². The van der Waals surface area contributed by atoms with Crippen molar-refractivity contribution in [2.24, 2.45) is 0 Å². The molecule has 0 aliphatic carbocycles. The van der Waals surface area contributed by atoms with Crippen molar-refractivity contribution in [2.45, 2.75) is 13.1 Å². The largest absolute Gasteiger partial charge is 0.493 e. The summed E-state index contributed by atoms with van der Waals surface area (Å²) in [6.45, 7) is 1.29. The van der Waals surface area contributed by atoms with Crippen LogP contribution in [0.1, 0.15) is 21.6 Å². The molecule has 0 aliphatic heterocycles. The number of hydrogen-bond donors (Lipinski definition) is 1. The van der Waals surface area contributed by atoms with Crippen molar-refractivity contribution in [3.63, 3.8) is 0 Å². The molecule has 1 N–H and O–H groups in total. The lowest BCUT2D eigenvalue weighted by atomic mass is 10.1.